The molecule has 2 N–H and O–H groups in total. The molecule has 4 aromatic rings. The predicted molar refractivity (Wildman–Crippen MR) is 145 cm³/mol. The van der Waals surface area contributed by atoms with Crippen molar-refractivity contribution in [2.45, 2.75) is 19.0 Å². The molecule has 5 rings (SSSR count). The summed E-state index contributed by atoms with van der Waals surface area (Å²) in [5.74, 6) is -0.201. The van der Waals surface area contributed by atoms with Gasteiger partial charge in [0.2, 0.25) is 5.91 Å². The second-order valence-corrected chi connectivity index (χ2v) is 9.05. The van der Waals surface area contributed by atoms with Crippen LogP contribution in [0.4, 0.5) is 11.4 Å². The number of hydrogen-bond donors (Lipinski definition) is 2. The zero-order valence-corrected chi connectivity index (χ0v) is 20.9. The Balaban J connectivity index is 1.56. The van der Waals surface area contributed by atoms with E-state index in [4.69, 9.17) is 17.0 Å². The maximum atomic E-state index is 11.9. The number of anilines is 2. The monoisotopic (exact) mass is 497 g/mol. The summed E-state index contributed by atoms with van der Waals surface area (Å²) in [4.78, 5) is 18.7. The van der Waals surface area contributed by atoms with Gasteiger partial charge in [0.05, 0.1) is 11.7 Å². The standard InChI is InChI=1S/C28H27N5O2S/c1-19-7-5-8-22(17-19)32-16-6-10-24(32)27-26(23-9-3-4-15-29-23)31-28(36)33(27)21-13-11-20(12-14-21)30-25(34)18-35-2/h3-17,26-27H,18H2,1-2H3,(H,30,34)(H,31,36)/t26-,27-/m0/s1. The van der Waals surface area contributed by atoms with Crippen molar-refractivity contribution < 1.29 is 9.53 Å². The van der Waals surface area contributed by atoms with Crippen molar-refractivity contribution in [2.24, 2.45) is 0 Å². The molecule has 1 aliphatic heterocycles. The van der Waals surface area contributed by atoms with Crippen molar-refractivity contribution in [3.63, 3.8) is 0 Å². The third kappa shape index (κ3) is 4.73. The van der Waals surface area contributed by atoms with Gasteiger partial charge < -0.3 is 24.8 Å². The number of hydrogen-bond acceptors (Lipinski definition) is 4. The Labute approximate surface area is 215 Å². The molecule has 0 saturated carbocycles. The largest absolute Gasteiger partial charge is 0.375 e. The Kier molecular flexibility index (Phi) is 6.79. The van der Waals surface area contributed by atoms with Crippen LogP contribution in [0.5, 0.6) is 0 Å². The Morgan fingerprint density at radius 2 is 1.89 bits per heavy atom. The van der Waals surface area contributed by atoms with Crippen LogP contribution in [-0.4, -0.2) is 34.3 Å². The average molecular weight is 498 g/mol. The third-order valence-electron chi connectivity index (χ3n) is 6.17. The molecule has 2 aromatic carbocycles. The lowest BCUT2D eigenvalue weighted by Gasteiger charge is -2.29. The molecule has 1 saturated heterocycles. The molecule has 182 valence electrons. The molecular weight excluding hydrogens is 470 g/mol. The molecule has 2 aromatic heterocycles. The number of carbonyl (C=O) groups is 1. The number of nitrogens with one attached hydrogen (secondary N) is 2. The van der Waals surface area contributed by atoms with Gasteiger partial charge in [-0.05, 0) is 85.4 Å². The first-order valence-electron chi connectivity index (χ1n) is 11.7. The third-order valence-corrected chi connectivity index (χ3v) is 6.48. The van der Waals surface area contributed by atoms with Gasteiger partial charge in [0, 0.05) is 42.3 Å². The number of carbonyl (C=O) groups excluding carboxylic acids is 1. The van der Waals surface area contributed by atoms with E-state index in [0.717, 1.165) is 22.8 Å². The van der Waals surface area contributed by atoms with E-state index in [1.165, 1.54) is 12.7 Å². The number of aryl methyl sites for hydroxylation is 1. The molecule has 0 radical (unpaired) electrons. The van der Waals surface area contributed by atoms with E-state index < -0.39 is 0 Å². The summed E-state index contributed by atoms with van der Waals surface area (Å²) in [6, 6.07) is 25.9. The van der Waals surface area contributed by atoms with Gasteiger partial charge in [0.15, 0.2) is 5.11 Å². The van der Waals surface area contributed by atoms with Crippen LogP contribution in [0.25, 0.3) is 5.69 Å². The van der Waals surface area contributed by atoms with Crippen LogP contribution in [0.15, 0.2) is 91.3 Å². The van der Waals surface area contributed by atoms with Gasteiger partial charge in [-0.1, -0.05) is 18.2 Å². The minimum atomic E-state index is -0.201. The lowest BCUT2D eigenvalue weighted by atomic mass is 10.0. The van der Waals surface area contributed by atoms with Crippen molar-refractivity contribution in [1.82, 2.24) is 14.9 Å². The quantitative estimate of drug-likeness (QED) is 0.353. The number of nitrogens with zero attached hydrogens (tertiary/aromatic N) is 3. The van der Waals surface area contributed by atoms with Crippen LogP contribution in [0, 0.1) is 6.92 Å². The lowest BCUT2D eigenvalue weighted by Crippen LogP contribution is -2.30. The van der Waals surface area contributed by atoms with Crippen LogP contribution in [-0.2, 0) is 9.53 Å². The maximum Gasteiger partial charge on any atom is 0.250 e. The number of pyridine rings is 1. The minimum Gasteiger partial charge on any atom is -0.375 e. The molecule has 7 nitrogen and oxygen atoms in total. The first-order chi connectivity index (χ1) is 17.5. The van der Waals surface area contributed by atoms with E-state index in [9.17, 15) is 4.79 Å². The van der Waals surface area contributed by atoms with E-state index in [1.54, 1.807) is 6.20 Å². The van der Waals surface area contributed by atoms with Crippen LogP contribution in [0.3, 0.4) is 0 Å². The molecule has 3 heterocycles. The normalized spacial score (nSPS) is 17.2. The van der Waals surface area contributed by atoms with Gasteiger partial charge in [-0.25, -0.2) is 0 Å². The second-order valence-electron chi connectivity index (χ2n) is 8.67. The zero-order valence-electron chi connectivity index (χ0n) is 20.1. The van der Waals surface area contributed by atoms with Crippen LogP contribution in [0.1, 0.15) is 29.0 Å². The summed E-state index contributed by atoms with van der Waals surface area (Å²) in [6.45, 7) is 2.10. The summed E-state index contributed by atoms with van der Waals surface area (Å²) in [5.41, 5.74) is 5.88. The SMILES string of the molecule is COCC(=O)Nc1ccc(N2C(=S)N[C@@H](c3ccccn3)[C@@H]2c2cccn2-c2cccc(C)c2)cc1. The lowest BCUT2D eigenvalue weighted by molar-refractivity contribution is -0.119. The Morgan fingerprint density at radius 1 is 1.06 bits per heavy atom. The van der Waals surface area contributed by atoms with Crippen molar-refractivity contribution in [3.8, 4) is 5.69 Å². The maximum absolute atomic E-state index is 11.9. The fraction of sp³-hybridized carbons (Fsp3) is 0.179. The summed E-state index contributed by atoms with van der Waals surface area (Å²) in [7, 11) is 1.49. The summed E-state index contributed by atoms with van der Waals surface area (Å²) in [6.07, 6.45) is 3.88. The Morgan fingerprint density at radius 3 is 2.61 bits per heavy atom. The van der Waals surface area contributed by atoms with Crippen molar-refractivity contribution in [1.29, 1.82) is 0 Å². The van der Waals surface area contributed by atoms with E-state index in [2.05, 4.69) is 74.6 Å². The molecule has 1 fully saturated rings. The van der Waals surface area contributed by atoms with Crippen molar-refractivity contribution >= 4 is 34.6 Å². The molecule has 2 atom stereocenters. The fourth-order valence-electron chi connectivity index (χ4n) is 4.62. The van der Waals surface area contributed by atoms with Gasteiger partial charge in [-0.2, -0.15) is 0 Å². The van der Waals surface area contributed by atoms with Crippen LogP contribution < -0.4 is 15.5 Å². The van der Waals surface area contributed by atoms with E-state index in [0.29, 0.717) is 10.8 Å². The topological polar surface area (TPSA) is 71.4 Å². The average Bonchev–Trinajstić information content (AvgIpc) is 3.49. The second kappa shape index (κ2) is 10.3. The molecule has 0 bridgehead atoms. The molecular formula is C28H27N5O2S. The summed E-state index contributed by atoms with van der Waals surface area (Å²) in [5, 5.41) is 6.96. The molecule has 1 amide bonds. The van der Waals surface area contributed by atoms with Crippen LogP contribution >= 0.6 is 12.2 Å². The number of methoxy groups -OCH3 is 1. The van der Waals surface area contributed by atoms with Gasteiger partial charge in [0.1, 0.15) is 12.6 Å². The van der Waals surface area contributed by atoms with Crippen LogP contribution in [0.2, 0.25) is 0 Å². The highest BCUT2D eigenvalue weighted by atomic mass is 32.1. The highest BCUT2D eigenvalue weighted by Crippen LogP contribution is 2.42. The molecule has 36 heavy (non-hydrogen) atoms. The number of ether oxygens (including phenoxy) is 1. The first-order valence-corrected chi connectivity index (χ1v) is 12.1. The summed E-state index contributed by atoms with van der Waals surface area (Å²) >= 11 is 5.86. The van der Waals surface area contributed by atoms with E-state index in [-0.39, 0.29) is 24.6 Å². The number of benzene rings is 2. The van der Waals surface area contributed by atoms with Gasteiger partial charge in [-0.15, -0.1) is 0 Å². The molecule has 8 heteroatoms. The highest BCUT2D eigenvalue weighted by molar-refractivity contribution is 7.80. The number of amides is 1. The smallest absolute Gasteiger partial charge is 0.250 e. The molecule has 0 aliphatic carbocycles. The van der Waals surface area contributed by atoms with Crippen molar-refractivity contribution in [2.75, 3.05) is 23.9 Å². The number of rotatable bonds is 7. The Hall–Kier alpha value is -4.01. The van der Waals surface area contributed by atoms with E-state index >= 15 is 0 Å². The fourth-order valence-corrected chi connectivity index (χ4v) is 4.96. The van der Waals surface area contributed by atoms with Gasteiger partial charge in [0.25, 0.3) is 0 Å². The molecule has 0 spiro atoms. The Bertz CT molecular complexity index is 1370. The first kappa shape index (κ1) is 23.7. The zero-order chi connectivity index (χ0) is 25.1. The molecule has 0 unspecified atom stereocenters. The highest BCUT2D eigenvalue weighted by Gasteiger charge is 2.42. The number of aromatic nitrogens is 2. The number of thiocarbonyl (C=S) groups is 1. The van der Waals surface area contributed by atoms with Gasteiger partial charge in [-0.3, -0.25) is 9.78 Å². The van der Waals surface area contributed by atoms with Crippen molar-refractivity contribution in [3.05, 3.63) is 108 Å². The molecule has 1 aliphatic rings. The van der Waals surface area contributed by atoms with Gasteiger partial charge >= 0.3 is 0 Å². The predicted octanol–water partition coefficient (Wildman–Crippen LogP) is 4.94. The minimum absolute atomic E-state index is 0.00562. The summed E-state index contributed by atoms with van der Waals surface area (Å²) < 4.78 is 7.11. The van der Waals surface area contributed by atoms with E-state index in [1.807, 2.05) is 42.5 Å².